The highest BCUT2D eigenvalue weighted by Crippen LogP contribution is 2.18. The van der Waals surface area contributed by atoms with Crippen LogP contribution in [0.4, 0.5) is 0 Å². The number of rotatable bonds is 4. The van der Waals surface area contributed by atoms with E-state index in [1.54, 1.807) is 48.5 Å². The maximum absolute atomic E-state index is 12.1. The highest BCUT2D eigenvalue weighted by molar-refractivity contribution is 5.92. The van der Waals surface area contributed by atoms with Crippen LogP contribution in [0.2, 0.25) is 0 Å². The third kappa shape index (κ3) is 3.06. The summed E-state index contributed by atoms with van der Waals surface area (Å²) in [7, 11) is 1.48. The number of benzene rings is 2. The number of hydrogen-bond donors (Lipinski definition) is 1. The lowest BCUT2D eigenvalue weighted by Crippen LogP contribution is -2.14. The number of aromatic nitrogens is 2. The van der Waals surface area contributed by atoms with Gasteiger partial charge in [0.15, 0.2) is 0 Å². The average Bonchev–Trinajstić information content (AvgIpc) is 2.59. The molecule has 1 aromatic heterocycles. The molecule has 1 N–H and O–H groups in total. The van der Waals surface area contributed by atoms with Gasteiger partial charge in [0, 0.05) is 0 Å². The number of H-pyrrole nitrogens is 1. The molecule has 0 atom stereocenters. The van der Waals surface area contributed by atoms with Crippen LogP contribution in [0.5, 0.6) is 5.75 Å². The van der Waals surface area contributed by atoms with E-state index in [-0.39, 0.29) is 18.0 Å². The van der Waals surface area contributed by atoms with Crippen molar-refractivity contribution in [3.63, 3.8) is 0 Å². The summed E-state index contributed by atoms with van der Waals surface area (Å²) in [4.78, 5) is 31.0. The molecule has 2 aromatic carbocycles. The molecule has 0 fully saturated rings. The largest absolute Gasteiger partial charge is 0.496 e. The first-order chi connectivity index (χ1) is 11.2. The van der Waals surface area contributed by atoms with Gasteiger partial charge < -0.3 is 14.5 Å². The molecule has 0 radical (unpaired) electrons. The number of nitrogens with zero attached hydrogens (tertiary/aromatic N) is 1. The summed E-state index contributed by atoms with van der Waals surface area (Å²) in [5, 5.41) is 0.493. The molecule has 0 saturated heterocycles. The lowest BCUT2D eigenvalue weighted by Gasteiger charge is -2.08. The molecule has 116 valence electrons. The number of para-hydroxylation sites is 2. The second-order valence-electron chi connectivity index (χ2n) is 4.81. The predicted molar refractivity (Wildman–Crippen MR) is 84.5 cm³/mol. The lowest BCUT2D eigenvalue weighted by atomic mass is 10.2. The van der Waals surface area contributed by atoms with E-state index in [4.69, 9.17) is 9.47 Å². The van der Waals surface area contributed by atoms with Gasteiger partial charge in [-0.3, -0.25) is 4.79 Å². The number of nitrogens with one attached hydrogen (secondary N) is 1. The fraction of sp³-hybridized carbons (Fsp3) is 0.118. The van der Waals surface area contributed by atoms with E-state index in [0.717, 1.165) is 0 Å². The SMILES string of the molecule is COc1ccccc1C(=O)OCc1nc2ccccc2c(=O)[nH]1. The Labute approximate surface area is 131 Å². The summed E-state index contributed by atoms with van der Waals surface area (Å²) in [6, 6.07) is 13.7. The van der Waals surface area contributed by atoms with Gasteiger partial charge in [-0.25, -0.2) is 9.78 Å². The van der Waals surface area contributed by atoms with Gasteiger partial charge >= 0.3 is 5.97 Å². The summed E-state index contributed by atoms with van der Waals surface area (Å²) in [6.07, 6.45) is 0. The van der Waals surface area contributed by atoms with Crippen LogP contribution < -0.4 is 10.3 Å². The minimum atomic E-state index is -0.543. The quantitative estimate of drug-likeness (QED) is 0.748. The Morgan fingerprint density at radius 1 is 1.13 bits per heavy atom. The second-order valence-corrected chi connectivity index (χ2v) is 4.81. The van der Waals surface area contributed by atoms with Crippen molar-refractivity contribution in [1.29, 1.82) is 0 Å². The Morgan fingerprint density at radius 2 is 1.87 bits per heavy atom. The number of hydrogen-bond acceptors (Lipinski definition) is 5. The fourth-order valence-electron chi connectivity index (χ4n) is 2.23. The summed E-state index contributed by atoms with van der Waals surface area (Å²) in [5.74, 6) is 0.174. The number of carbonyl (C=O) groups is 1. The van der Waals surface area contributed by atoms with Crippen molar-refractivity contribution >= 4 is 16.9 Å². The second kappa shape index (κ2) is 6.31. The summed E-state index contributed by atoms with van der Waals surface area (Å²) in [6.45, 7) is -0.128. The molecule has 3 aromatic rings. The Bertz CT molecular complexity index is 918. The first kappa shape index (κ1) is 14.8. The standard InChI is InChI=1S/C17H14N2O4/c1-22-14-9-5-3-7-12(14)17(21)23-10-15-18-13-8-4-2-6-11(13)16(20)19-15/h2-9H,10H2,1H3,(H,18,19,20). The molecule has 23 heavy (non-hydrogen) atoms. The molecule has 1 heterocycles. The van der Waals surface area contributed by atoms with Gasteiger partial charge in [-0.05, 0) is 24.3 Å². The van der Waals surface area contributed by atoms with Crippen molar-refractivity contribution < 1.29 is 14.3 Å². The van der Waals surface area contributed by atoms with E-state index >= 15 is 0 Å². The molecule has 0 aliphatic carbocycles. The molecule has 0 aliphatic rings. The van der Waals surface area contributed by atoms with Crippen LogP contribution in [0, 0.1) is 0 Å². The van der Waals surface area contributed by atoms with Gasteiger partial charge in [0.25, 0.3) is 5.56 Å². The van der Waals surface area contributed by atoms with E-state index < -0.39 is 5.97 Å². The molecule has 0 amide bonds. The third-order valence-corrected chi connectivity index (χ3v) is 3.33. The first-order valence-electron chi connectivity index (χ1n) is 6.97. The van der Waals surface area contributed by atoms with E-state index in [1.165, 1.54) is 7.11 Å². The van der Waals surface area contributed by atoms with Crippen LogP contribution in [0.25, 0.3) is 10.9 Å². The number of esters is 1. The molecule has 0 spiro atoms. The summed E-state index contributed by atoms with van der Waals surface area (Å²) in [5.41, 5.74) is 0.608. The number of aromatic amines is 1. The molecular weight excluding hydrogens is 296 g/mol. The van der Waals surface area contributed by atoms with E-state index in [2.05, 4.69) is 9.97 Å². The van der Waals surface area contributed by atoms with Crippen molar-refractivity contribution in [2.75, 3.05) is 7.11 Å². The maximum Gasteiger partial charge on any atom is 0.342 e. The monoisotopic (exact) mass is 310 g/mol. The molecule has 6 nitrogen and oxygen atoms in total. The highest BCUT2D eigenvalue weighted by atomic mass is 16.5. The molecular formula is C17H14N2O4. The Hall–Kier alpha value is -3.15. The van der Waals surface area contributed by atoms with Crippen molar-refractivity contribution in [1.82, 2.24) is 9.97 Å². The number of methoxy groups -OCH3 is 1. The van der Waals surface area contributed by atoms with E-state index in [1.807, 2.05) is 0 Å². The van der Waals surface area contributed by atoms with Gasteiger partial charge in [0.05, 0.1) is 18.0 Å². The Morgan fingerprint density at radius 3 is 2.70 bits per heavy atom. The Kier molecular flexibility index (Phi) is 4.05. The Balaban J connectivity index is 1.81. The van der Waals surface area contributed by atoms with Crippen LogP contribution in [0.3, 0.4) is 0 Å². The van der Waals surface area contributed by atoms with Crippen LogP contribution in [-0.4, -0.2) is 23.0 Å². The molecule has 6 heteroatoms. The van der Waals surface area contributed by atoms with Crippen molar-refractivity contribution in [2.24, 2.45) is 0 Å². The van der Waals surface area contributed by atoms with Gasteiger partial charge in [0.2, 0.25) is 0 Å². The van der Waals surface area contributed by atoms with Crippen LogP contribution >= 0.6 is 0 Å². The average molecular weight is 310 g/mol. The molecule has 0 bridgehead atoms. The molecule has 0 saturated carbocycles. The maximum atomic E-state index is 12.1. The zero-order valence-corrected chi connectivity index (χ0v) is 12.4. The number of carbonyl (C=O) groups excluding carboxylic acids is 1. The summed E-state index contributed by atoms with van der Waals surface area (Å²) >= 11 is 0. The first-order valence-corrected chi connectivity index (χ1v) is 6.97. The van der Waals surface area contributed by atoms with Crippen LogP contribution in [0.1, 0.15) is 16.2 Å². The van der Waals surface area contributed by atoms with E-state index in [0.29, 0.717) is 22.2 Å². The topological polar surface area (TPSA) is 81.3 Å². The van der Waals surface area contributed by atoms with Crippen LogP contribution in [0.15, 0.2) is 53.3 Å². The lowest BCUT2D eigenvalue weighted by molar-refractivity contribution is 0.0458. The molecule has 0 aliphatic heterocycles. The zero-order chi connectivity index (χ0) is 16.2. The third-order valence-electron chi connectivity index (χ3n) is 3.33. The number of ether oxygens (including phenoxy) is 2. The van der Waals surface area contributed by atoms with Gasteiger partial charge in [0.1, 0.15) is 23.7 Å². The van der Waals surface area contributed by atoms with Crippen molar-refractivity contribution in [2.45, 2.75) is 6.61 Å². The summed E-state index contributed by atoms with van der Waals surface area (Å²) < 4.78 is 10.3. The van der Waals surface area contributed by atoms with E-state index in [9.17, 15) is 9.59 Å². The minimum absolute atomic E-state index is 0.128. The van der Waals surface area contributed by atoms with Crippen molar-refractivity contribution in [3.8, 4) is 5.75 Å². The zero-order valence-electron chi connectivity index (χ0n) is 12.4. The normalized spacial score (nSPS) is 10.5. The smallest absolute Gasteiger partial charge is 0.342 e. The highest BCUT2D eigenvalue weighted by Gasteiger charge is 2.14. The van der Waals surface area contributed by atoms with Gasteiger partial charge in [-0.2, -0.15) is 0 Å². The van der Waals surface area contributed by atoms with Crippen LogP contribution in [-0.2, 0) is 11.3 Å². The number of fused-ring (bicyclic) bond motifs is 1. The fourth-order valence-corrected chi connectivity index (χ4v) is 2.23. The van der Waals surface area contributed by atoms with Gasteiger partial charge in [-0.15, -0.1) is 0 Å². The predicted octanol–water partition coefficient (Wildman–Crippen LogP) is 2.29. The molecule has 0 unspecified atom stereocenters. The van der Waals surface area contributed by atoms with Gasteiger partial charge in [-0.1, -0.05) is 24.3 Å². The van der Waals surface area contributed by atoms with Crippen molar-refractivity contribution in [3.05, 3.63) is 70.3 Å². The minimum Gasteiger partial charge on any atom is -0.496 e. The molecule has 3 rings (SSSR count).